The van der Waals surface area contributed by atoms with Gasteiger partial charge in [-0.3, -0.25) is 4.68 Å². The number of hydrogen-bond donors (Lipinski definition) is 1. The van der Waals surface area contributed by atoms with Gasteiger partial charge in [-0.05, 0) is 18.4 Å². The molecule has 0 bridgehead atoms. The van der Waals surface area contributed by atoms with Gasteiger partial charge >= 0.3 is 0 Å². The van der Waals surface area contributed by atoms with Crippen molar-refractivity contribution in [3.63, 3.8) is 0 Å². The Morgan fingerprint density at radius 2 is 2.05 bits per heavy atom. The van der Waals surface area contributed by atoms with Gasteiger partial charge in [0.1, 0.15) is 11.6 Å². The molecule has 2 N–H and O–H groups in total. The molecule has 0 spiro atoms. The maximum absolute atomic E-state index is 14.0. The lowest BCUT2D eigenvalue weighted by Crippen LogP contribution is -2.01. The van der Waals surface area contributed by atoms with Crippen molar-refractivity contribution >= 4 is 5.82 Å². The zero-order valence-corrected chi connectivity index (χ0v) is 11.7. The van der Waals surface area contributed by atoms with Crippen molar-refractivity contribution in [1.82, 2.24) is 9.78 Å². The molecule has 0 amide bonds. The molecule has 0 saturated heterocycles. The first kappa shape index (κ1) is 13.6. The molecule has 1 aromatic heterocycles. The van der Waals surface area contributed by atoms with E-state index >= 15 is 0 Å². The van der Waals surface area contributed by atoms with Gasteiger partial charge < -0.3 is 5.73 Å². The molecule has 1 heterocycles. The normalized spacial score (nSPS) is 12.6. The summed E-state index contributed by atoms with van der Waals surface area (Å²) >= 11 is 0. The Balaban J connectivity index is 2.53. The number of nitrogens with two attached hydrogens (primary N) is 1. The van der Waals surface area contributed by atoms with E-state index in [2.05, 4.69) is 18.9 Å². The number of anilines is 1. The zero-order valence-electron chi connectivity index (χ0n) is 11.7. The van der Waals surface area contributed by atoms with E-state index in [1.54, 1.807) is 23.9 Å². The average molecular weight is 261 g/mol. The quantitative estimate of drug-likeness (QED) is 0.916. The number of halogens is 1. The second-order valence-corrected chi connectivity index (χ2v) is 5.03. The molecule has 19 heavy (non-hydrogen) atoms. The van der Waals surface area contributed by atoms with Crippen molar-refractivity contribution < 1.29 is 4.39 Å². The Morgan fingerprint density at radius 3 is 2.68 bits per heavy atom. The van der Waals surface area contributed by atoms with E-state index in [1.165, 1.54) is 6.07 Å². The molecule has 3 nitrogen and oxygen atoms in total. The van der Waals surface area contributed by atoms with Crippen LogP contribution in [0.25, 0.3) is 11.1 Å². The summed E-state index contributed by atoms with van der Waals surface area (Å²) in [6.45, 7) is 4.30. The number of nitrogen functional groups attached to an aromatic ring is 1. The third kappa shape index (κ3) is 2.62. The van der Waals surface area contributed by atoms with Crippen LogP contribution in [0.5, 0.6) is 0 Å². The van der Waals surface area contributed by atoms with Gasteiger partial charge in [0.2, 0.25) is 0 Å². The van der Waals surface area contributed by atoms with Gasteiger partial charge in [0.25, 0.3) is 0 Å². The Kier molecular flexibility index (Phi) is 3.88. The van der Waals surface area contributed by atoms with E-state index in [0.29, 0.717) is 17.3 Å². The number of aryl methyl sites for hydroxylation is 1. The van der Waals surface area contributed by atoms with Gasteiger partial charge in [-0.25, -0.2) is 4.39 Å². The van der Waals surface area contributed by atoms with Gasteiger partial charge in [0.05, 0.1) is 5.69 Å². The molecule has 0 aliphatic rings. The van der Waals surface area contributed by atoms with Crippen LogP contribution in [0.3, 0.4) is 0 Å². The predicted molar refractivity (Wildman–Crippen MR) is 76.2 cm³/mol. The molecule has 0 fully saturated rings. The van der Waals surface area contributed by atoms with Crippen molar-refractivity contribution in [2.24, 2.45) is 13.0 Å². The lowest BCUT2D eigenvalue weighted by Gasteiger charge is -2.09. The molecular formula is C15H20FN3. The molecule has 0 aliphatic carbocycles. The molecule has 0 aliphatic heterocycles. The summed E-state index contributed by atoms with van der Waals surface area (Å²) < 4.78 is 15.6. The van der Waals surface area contributed by atoms with Crippen LogP contribution in [0.1, 0.15) is 26.0 Å². The first-order valence-corrected chi connectivity index (χ1v) is 6.60. The molecule has 4 heteroatoms. The molecule has 102 valence electrons. The topological polar surface area (TPSA) is 43.8 Å². The molecule has 1 unspecified atom stereocenters. The lowest BCUT2D eigenvalue weighted by atomic mass is 9.97. The van der Waals surface area contributed by atoms with Gasteiger partial charge in [0, 0.05) is 18.2 Å². The van der Waals surface area contributed by atoms with Crippen molar-refractivity contribution in [3.8, 4) is 11.1 Å². The number of benzene rings is 1. The van der Waals surface area contributed by atoms with E-state index in [4.69, 9.17) is 5.73 Å². The number of aromatic nitrogens is 2. The molecule has 2 rings (SSSR count). The van der Waals surface area contributed by atoms with Crippen LogP contribution in [0.15, 0.2) is 24.3 Å². The molecular weight excluding hydrogens is 241 g/mol. The Morgan fingerprint density at radius 1 is 1.37 bits per heavy atom. The lowest BCUT2D eigenvalue weighted by molar-refractivity contribution is 0.547. The molecule has 0 saturated carbocycles. The van der Waals surface area contributed by atoms with Crippen LogP contribution in [0.4, 0.5) is 10.2 Å². The number of hydrogen-bond acceptors (Lipinski definition) is 2. The van der Waals surface area contributed by atoms with Crippen LogP contribution in [-0.4, -0.2) is 9.78 Å². The van der Waals surface area contributed by atoms with Gasteiger partial charge in [-0.15, -0.1) is 0 Å². The summed E-state index contributed by atoms with van der Waals surface area (Å²) in [5.74, 6) is 0.760. The van der Waals surface area contributed by atoms with Gasteiger partial charge in [0.15, 0.2) is 0 Å². The van der Waals surface area contributed by atoms with Gasteiger partial charge in [-0.1, -0.05) is 38.5 Å². The van der Waals surface area contributed by atoms with E-state index < -0.39 is 0 Å². The predicted octanol–water partition coefficient (Wildman–Crippen LogP) is 3.40. The number of rotatable bonds is 4. The highest BCUT2D eigenvalue weighted by molar-refractivity contribution is 5.77. The van der Waals surface area contributed by atoms with E-state index in [1.807, 2.05) is 6.07 Å². The monoisotopic (exact) mass is 261 g/mol. The van der Waals surface area contributed by atoms with Crippen molar-refractivity contribution in [2.45, 2.75) is 26.7 Å². The minimum Gasteiger partial charge on any atom is -0.383 e. The number of nitrogens with zero attached hydrogens (tertiary/aromatic N) is 2. The third-order valence-electron chi connectivity index (χ3n) is 3.55. The molecule has 1 aromatic carbocycles. The van der Waals surface area contributed by atoms with Crippen LogP contribution >= 0.6 is 0 Å². The van der Waals surface area contributed by atoms with Crippen molar-refractivity contribution in [3.05, 3.63) is 35.8 Å². The first-order chi connectivity index (χ1) is 9.04. The van der Waals surface area contributed by atoms with Crippen LogP contribution < -0.4 is 5.73 Å². The average Bonchev–Trinajstić information content (AvgIpc) is 2.66. The Labute approximate surface area is 113 Å². The maximum atomic E-state index is 14.0. The van der Waals surface area contributed by atoms with Crippen LogP contribution in [-0.2, 0) is 13.5 Å². The highest BCUT2D eigenvalue weighted by Gasteiger charge is 2.19. The molecule has 0 radical (unpaired) electrons. The van der Waals surface area contributed by atoms with Crippen LogP contribution in [0, 0.1) is 11.7 Å². The van der Waals surface area contributed by atoms with E-state index in [9.17, 15) is 4.39 Å². The molecule has 2 aromatic rings. The van der Waals surface area contributed by atoms with Crippen molar-refractivity contribution in [1.29, 1.82) is 0 Å². The largest absolute Gasteiger partial charge is 0.383 e. The fraction of sp³-hybridized carbons (Fsp3) is 0.400. The fourth-order valence-electron chi connectivity index (χ4n) is 2.17. The third-order valence-corrected chi connectivity index (χ3v) is 3.55. The van der Waals surface area contributed by atoms with Gasteiger partial charge in [-0.2, -0.15) is 5.10 Å². The molecule has 1 atom stereocenters. The fourth-order valence-corrected chi connectivity index (χ4v) is 2.17. The van der Waals surface area contributed by atoms with E-state index in [-0.39, 0.29) is 5.82 Å². The summed E-state index contributed by atoms with van der Waals surface area (Å²) in [5, 5.41) is 4.44. The minimum atomic E-state index is -0.257. The summed E-state index contributed by atoms with van der Waals surface area (Å²) in [7, 11) is 1.79. The Hall–Kier alpha value is -1.84. The standard InChI is InChI=1S/C15H20FN3/c1-4-10(2)9-13-14(15(17)19(3)18-13)11-7-5-6-8-12(11)16/h5-8,10H,4,9,17H2,1-3H3. The summed E-state index contributed by atoms with van der Waals surface area (Å²) in [4.78, 5) is 0. The summed E-state index contributed by atoms with van der Waals surface area (Å²) in [6, 6.07) is 6.70. The smallest absolute Gasteiger partial charge is 0.131 e. The second-order valence-electron chi connectivity index (χ2n) is 5.03. The van der Waals surface area contributed by atoms with Crippen LogP contribution in [0.2, 0.25) is 0 Å². The summed E-state index contributed by atoms with van der Waals surface area (Å²) in [5.41, 5.74) is 8.20. The van der Waals surface area contributed by atoms with E-state index in [0.717, 1.165) is 24.1 Å². The highest BCUT2D eigenvalue weighted by Crippen LogP contribution is 2.32. The maximum Gasteiger partial charge on any atom is 0.131 e. The van der Waals surface area contributed by atoms with Crippen molar-refractivity contribution in [2.75, 3.05) is 5.73 Å². The highest BCUT2D eigenvalue weighted by atomic mass is 19.1. The zero-order chi connectivity index (χ0) is 14.0. The minimum absolute atomic E-state index is 0.257. The summed E-state index contributed by atoms with van der Waals surface area (Å²) in [6.07, 6.45) is 1.87. The SMILES string of the molecule is CCC(C)Cc1nn(C)c(N)c1-c1ccccc1F. The first-order valence-electron chi connectivity index (χ1n) is 6.60. The second kappa shape index (κ2) is 5.43. The Bertz CT molecular complexity index is 575.